The lowest BCUT2D eigenvalue weighted by Crippen LogP contribution is -2.35. The number of benzene rings is 2. The normalized spacial score (nSPS) is 17.2. The molecule has 0 saturated heterocycles. The standard InChI is InChI=1S/C18H18N2O3S2/c21-18(20-10-11-24-17-7-2-1-6-16(17)20)13-4-3-5-15(12-13)25(22,23)19-14-8-9-14/h1-7,12,14,19H,8-11H2. The van der Waals surface area contributed by atoms with Crippen LogP contribution in [0.1, 0.15) is 23.2 Å². The first kappa shape index (κ1) is 16.6. The lowest BCUT2D eigenvalue weighted by atomic mass is 10.1. The van der Waals surface area contributed by atoms with Gasteiger partial charge in [0, 0.05) is 28.8 Å². The first-order valence-corrected chi connectivity index (χ1v) is 10.7. The van der Waals surface area contributed by atoms with Gasteiger partial charge in [-0.3, -0.25) is 4.79 Å². The summed E-state index contributed by atoms with van der Waals surface area (Å²) >= 11 is 1.73. The zero-order valence-corrected chi connectivity index (χ0v) is 15.1. The Morgan fingerprint density at radius 2 is 1.92 bits per heavy atom. The Balaban J connectivity index is 1.64. The number of fused-ring (bicyclic) bond motifs is 1. The van der Waals surface area contributed by atoms with Crippen molar-refractivity contribution < 1.29 is 13.2 Å². The maximum absolute atomic E-state index is 13.0. The molecular weight excluding hydrogens is 356 g/mol. The van der Waals surface area contributed by atoms with Crippen LogP contribution in [0.25, 0.3) is 0 Å². The Morgan fingerprint density at radius 3 is 2.72 bits per heavy atom. The molecule has 0 radical (unpaired) electrons. The molecule has 25 heavy (non-hydrogen) atoms. The smallest absolute Gasteiger partial charge is 0.258 e. The molecule has 4 rings (SSSR count). The Hall–Kier alpha value is -1.83. The van der Waals surface area contributed by atoms with Crippen molar-refractivity contribution in [1.29, 1.82) is 0 Å². The summed E-state index contributed by atoms with van der Waals surface area (Å²) in [5.41, 5.74) is 1.27. The van der Waals surface area contributed by atoms with Crippen molar-refractivity contribution >= 4 is 33.4 Å². The van der Waals surface area contributed by atoms with Gasteiger partial charge in [0.05, 0.1) is 10.6 Å². The predicted octanol–water partition coefficient (Wildman–Crippen LogP) is 2.88. The average molecular weight is 374 g/mol. The van der Waals surface area contributed by atoms with Gasteiger partial charge in [0.25, 0.3) is 5.91 Å². The number of carbonyl (C=O) groups excluding carboxylic acids is 1. The fourth-order valence-electron chi connectivity index (χ4n) is 2.82. The van der Waals surface area contributed by atoms with E-state index in [4.69, 9.17) is 0 Å². The van der Waals surface area contributed by atoms with Crippen LogP contribution < -0.4 is 9.62 Å². The Morgan fingerprint density at radius 1 is 1.12 bits per heavy atom. The molecule has 1 fully saturated rings. The van der Waals surface area contributed by atoms with E-state index in [2.05, 4.69) is 4.72 Å². The van der Waals surface area contributed by atoms with Gasteiger partial charge in [-0.2, -0.15) is 0 Å². The molecular formula is C18H18N2O3S2. The van der Waals surface area contributed by atoms with Gasteiger partial charge in [-0.05, 0) is 43.2 Å². The van der Waals surface area contributed by atoms with E-state index in [0.717, 1.165) is 29.2 Å². The highest BCUT2D eigenvalue weighted by molar-refractivity contribution is 7.99. The number of carbonyl (C=O) groups is 1. The molecule has 2 aliphatic rings. The monoisotopic (exact) mass is 374 g/mol. The largest absolute Gasteiger partial charge is 0.306 e. The number of anilines is 1. The summed E-state index contributed by atoms with van der Waals surface area (Å²) in [6, 6.07) is 14.1. The van der Waals surface area contributed by atoms with Crippen LogP contribution in [0.15, 0.2) is 58.3 Å². The molecule has 1 aliphatic carbocycles. The van der Waals surface area contributed by atoms with Gasteiger partial charge in [0.1, 0.15) is 0 Å². The zero-order chi connectivity index (χ0) is 17.4. The molecule has 1 amide bonds. The number of amides is 1. The van der Waals surface area contributed by atoms with E-state index in [1.807, 2.05) is 24.3 Å². The highest BCUT2D eigenvalue weighted by atomic mass is 32.2. The number of nitrogens with one attached hydrogen (secondary N) is 1. The Kier molecular flexibility index (Phi) is 4.31. The van der Waals surface area contributed by atoms with Crippen LogP contribution in [0.3, 0.4) is 0 Å². The first-order valence-electron chi connectivity index (χ1n) is 8.21. The minimum atomic E-state index is -3.57. The molecule has 0 spiro atoms. The van der Waals surface area contributed by atoms with E-state index >= 15 is 0 Å². The lowest BCUT2D eigenvalue weighted by Gasteiger charge is -2.29. The van der Waals surface area contributed by atoms with Crippen molar-refractivity contribution in [2.24, 2.45) is 0 Å². The third-order valence-corrected chi connectivity index (χ3v) is 6.83. The van der Waals surface area contributed by atoms with Crippen molar-refractivity contribution in [2.75, 3.05) is 17.2 Å². The fourth-order valence-corrected chi connectivity index (χ4v) is 5.17. The molecule has 2 aromatic carbocycles. The second-order valence-electron chi connectivity index (χ2n) is 6.20. The van der Waals surface area contributed by atoms with E-state index in [1.54, 1.807) is 28.8 Å². The van der Waals surface area contributed by atoms with Crippen LogP contribution in [0, 0.1) is 0 Å². The Bertz CT molecular complexity index is 923. The minimum absolute atomic E-state index is 0.0374. The predicted molar refractivity (Wildman–Crippen MR) is 98.6 cm³/mol. The molecule has 0 aromatic heterocycles. The molecule has 1 aliphatic heterocycles. The molecule has 1 N–H and O–H groups in total. The molecule has 1 heterocycles. The van der Waals surface area contributed by atoms with Crippen molar-refractivity contribution in [3.05, 3.63) is 54.1 Å². The van der Waals surface area contributed by atoms with E-state index in [-0.39, 0.29) is 16.8 Å². The maximum atomic E-state index is 13.0. The third-order valence-electron chi connectivity index (χ3n) is 4.26. The van der Waals surface area contributed by atoms with E-state index in [0.29, 0.717) is 12.1 Å². The maximum Gasteiger partial charge on any atom is 0.258 e. The highest BCUT2D eigenvalue weighted by Gasteiger charge is 2.29. The summed E-state index contributed by atoms with van der Waals surface area (Å²) in [4.78, 5) is 15.9. The topological polar surface area (TPSA) is 66.5 Å². The van der Waals surface area contributed by atoms with Gasteiger partial charge >= 0.3 is 0 Å². The van der Waals surface area contributed by atoms with Crippen molar-refractivity contribution in [3.63, 3.8) is 0 Å². The highest BCUT2D eigenvalue weighted by Crippen LogP contribution is 2.35. The number of nitrogens with zero attached hydrogens (tertiary/aromatic N) is 1. The number of hydrogen-bond acceptors (Lipinski definition) is 4. The number of sulfonamides is 1. The molecule has 5 nitrogen and oxygen atoms in total. The van der Waals surface area contributed by atoms with Gasteiger partial charge in [-0.25, -0.2) is 13.1 Å². The SMILES string of the molecule is O=C(c1cccc(S(=O)(=O)NC2CC2)c1)N1CCSc2ccccc21. The van der Waals surface area contributed by atoms with Crippen molar-refractivity contribution in [2.45, 2.75) is 28.7 Å². The molecule has 1 saturated carbocycles. The van der Waals surface area contributed by atoms with Gasteiger partial charge in [0.15, 0.2) is 0 Å². The number of para-hydroxylation sites is 1. The van der Waals surface area contributed by atoms with Crippen LogP contribution in [-0.2, 0) is 10.0 Å². The van der Waals surface area contributed by atoms with E-state index in [1.165, 1.54) is 12.1 Å². The summed E-state index contributed by atoms with van der Waals surface area (Å²) < 4.78 is 27.4. The van der Waals surface area contributed by atoms with Crippen molar-refractivity contribution in [1.82, 2.24) is 4.72 Å². The summed E-state index contributed by atoms with van der Waals surface area (Å²) in [6.45, 7) is 0.609. The van der Waals surface area contributed by atoms with Gasteiger partial charge < -0.3 is 4.90 Å². The van der Waals surface area contributed by atoms with Gasteiger partial charge in [-0.15, -0.1) is 11.8 Å². The summed E-state index contributed by atoms with van der Waals surface area (Å²) in [6.07, 6.45) is 1.75. The van der Waals surface area contributed by atoms with Crippen LogP contribution in [-0.4, -0.2) is 32.7 Å². The summed E-state index contributed by atoms with van der Waals surface area (Å²) in [5, 5.41) is 0. The first-order chi connectivity index (χ1) is 12.0. The molecule has 0 atom stereocenters. The quantitative estimate of drug-likeness (QED) is 0.894. The number of rotatable bonds is 4. The van der Waals surface area contributed by atoms with Crippen LogP contribution in [0.2, 0.25) is 0 Å². The van der Waals surface area contributed by atoms with Gasteiger partial charge in [0.2, 0.25) is 10.0 Å². The minimum Gasteiger partial charge on any atom is -0.306 e. The molecule has 2 aromatic rings. The lowest BCUT2D eigenvalue weighted by molar-refractivity contribution is 0.0987. The average Bonchev–Trinajstić information content (AvgIpc) is 3.44. The Labute approximate surface area is 151 Å². The van der Waals surface area contributed by atoms with E-state index in [9.17, 15) is 13.2 Å². The van der Waals surface area contributed by atoms with Crippen LogP contribution in [0.4, 0.5) is 5.69 Å². The fraction of sp³-hybridized carbons (Fsp3) is 0.278. The molecule has 7 heteroatoms. The summed E-state index contributed by atoms with van der Waals surface area (Å²) in [7, 11) is -3.57. The second kappa shape index (κ2) is 6.48. The summed E-state index contributed by atoms with van der Waals surface area (Å²) in [5.74, 6) is 0.653. The van der Waals surface area contributed by atoms with E-state index < -0.39 is 10.0 Å². The zero-order valence-electron chi connectivity index (χ0n) is 13.5. The third kappa shape index (κ3) is 3.44. The van der Waals surface area contributed by atoms with Crippen LogP contribution >= 0.6 is 11.8 Å². The molecule has 0 bridgehead atoms. The van der Waals surface area contributed by atoms with Crippen LogP contribution in [0.5, 0.6) is 0 Å². The second-order valence-corrected chi connectivity index (χ2v) is 9.05. The number of thioether (sulfide) groups is 1. The van der Waals surface area contributed by atoms with Crippen molar-refractivity contribution in [3.8, 4) is 0 Å². The molecule has 0 unspecified atom stereocenters. The number of hydrogen-bond donors (Lipinski definition) is 1. The van der Waals surface area contributed by atoms with Gasteiger partial charge in [-0.1, -0.05) is 18.2 Å². The molecule has 130 valence electrons.